The summed E-state index contributed by atoms with van der Waals surface area (Å²) in [5.74, 6) is 0.468. The van der Waals surface area contributed by atoms with E-state index in [1.54, 1.807) is 0 Å². The number of rotatable bonds is 2. The molecule has 1 aliphatic heterocycles. The summed E-state index contributed by atoms with van der Waals surface area (Å²) in [7, 11) is 2.15. The molecule has 15 heavy (non-hydrogen) atoms. The molecule has 1 heterocycles. The molecule has 2 heteroatoms. The lowest BCUT2D eigenvalue weighted by Gasteiger charge is -2.36. The minimum Gasteiger partial charge on any atom is -0.396 e. The second-order valence-electron chi connectivity index (χ2n) is 4.49. The van der Waals surface area contributed by atoms with Gasteiger partial charge in [0.15, 0.2) is 0 Å². The van der Waals surface area contributed by atoms with E-state index in [-0.39, 0.29) is 0 Å². The van der Waals surface area contributed by atoms with Crippen LogP contribution in [0.5, 0.6) is 0 Å². The van der Waals surface area contributed by atoms with E-state index in [0.717, 1.165) is 19.4 Å². The number of hydrogen-bond acceptors (Lipinski definition) is 2. The topological polar surface area (TPSA) is 23.5 Å². The van der Waals surface area contributed by atoms with Gasteiger partial charge in [-0.1, -0.05) is 30.3 Å². The fraction of sp³-hybridized carbons (Fsp3) is 0.538. The summed E-state index contributed by atoms with van der Waals surface area (Å²) in [5.41, 5.74) is 1.40. The number of nitrogens with zero attached hydrogens (tertiary/aromatic N) is 1. The van der Waals surface area contributed by atoms with Crippen molar-refractivity contribution in [3.63, 3.8) is 0 Å². The zero-order chi connectivity index (χ0) is 10.7. The Bertz CT molecular complexity index is 299. The Kier molecular flexibility index (Phi) is 3.39. The molecule has 0 amide bonds. The first-order chi connectivity index (χ1) is 7.31. The third kappa shape index (κ3) is 2.39. The van der Waals surface area contributed by atoms with Crippen LogP contribution in [0.2, 0.25) is 0 Å². The highest BCUT2D eigenvalue weighted by molar-refractivity contribution is 5.19. The number of hydrogen-bond donors (Lipinski definition) is 1. The van der Waals surface area contributed by atoms with Crippen molar-refractivity contribution < 1.29 is 5.11 Å². The van der Waals surface area contributed by atoms with Crippen LogP contribution >= 0.6 is 0 Å². The van der Waals surface area contributed by atoms with Gasteiger partial charge >= 0.3 is 0 Å². The van der Waals surface area contributed by atoms with Gasteiger partial charge in [-0.2, -0.15) is 0 Å². The third-order valence-electron chi connectivity index (χ3n) is 3.37. The van der Waals surface area contributed by atoms with E-state index >= 15 is 0 Å². The molecule has 1 N–H and O–H groups in total. The Labute approximate surface area is 91.5 Å². The van der Waals surface area contributed by atoms with E-state index in [0.29, 0.717) is 18.6 Å². The van der Waals surface area contributed by atoms with Crippen LogP contribution in [0.1, 0.15) is 24.4 Å². The first-order valence-corrected chi connectivity index (χ1v) is 5.67. The molecule has 1 saturated heterocycles. The molecule has 0 saturated carbocycles. The van der Waals surface area contributed by atoms with Gasteiger partial charge in [-0.25, -0.2) is 0 Å². The summed E-state index contributed by atoms with van der Waals surface area (Å²) < 4.78 is 0. The van der Waals surface area contributed by atoms with Gasteiger partial charge in [0.05, 0.1) is 0 Å². The summed E-state index contributed by atoms with van der Waals surface area (Å²) >= 11 is 0. The van der Waals surface area contributed by atoms with E-state index in [2.05, 4.69) is 42.3 Å². The lowest BCUT2D eigenvalue weighted by Crippen LogP contribution is -2.36. The summed E-state index contributed by atoms with van der Waals surface area (Å²) in [6.45, 7) is 1.34. The SMILES string of the molecule is CN1CC(CO)CCC1c1ccccc1. The average molecular weight is 205 g/mol. The van der Waals surface area contributed by atoms with Crippen molar-refractivity contribution in [2.75, 3.05) is 20.2 Å². The van der Waals surface area contributed by atoms with E-state index in [1.807, 2.05) is 0 Å². The predicted molar refractivity (Wildman–Crippen MR) is 61.6 cm³/mol. The minimum atomic E-state index is 0.325. The van der Waals surface area contributed by atoms with Crippen molar-refractivity contribution in [3.8, 4) is 0 Å². The van der Waals surface area contributed by atoms with Crippen molar-refractivity contribution in [2.45, 2.75) is 18.9 Å². The fourth-order valence-electron chi connectivity index (χ4n) is 2.49. The van der Waals surface area contributed by atoms with Crippen LogP contribution in [0.15, 0.2) is 30.3 Å². The molecule has 0 radical (unpaired) electrons. The molecule has 1 fully saturated rings. The Morgan fingerprint density at radius 1 is 1.27 bits per heavy atom. The van der Waals surface area contributed by atoms with Gasteiger partial charge in [0, 0.05) is 19.2 Å². The molecule has 82 valence electrons. The Morgan fingerprint density at radius 3 is 2.60 bits per heavy atom. The molecule has 2 atom stereocenters. The Balaban J connectivity index is 2.06. The highest BCUT2D eigenvalue weighted by atomic mass is 16.3. The van der Waals surface area contributed by atoms with Crippen LogP contribution in [-0.4, -0.2) is 30.2 Å². The number of aliphatic hydroxyl groups excluding tert-OH is 1. The smallest absolute Gasteiger partial charge is 0.0471 e. The lowest BCUT2D eigenvalue weighted by atomic mass is 9.90. The van der Waals surface area contributed by atoms with Crippen LogP contribution in [-0.2, 0) is 0 Å². The van der Waals surface area contributed by atoms with E-state index in [9.17, 15) is 0 Å². The van der Waals surface area contributed by atoms with Crippen molar-refractivity contribution in [1.82, 2.24) is 4.90 Å². The van der Waals surface area contributed by atoms with E-state index in [1.165, 1.54) is 5.56 Å². The zero-order valence-electron chi connectivity index (χ0n) is 9.26. The molecular formula is C13H19NO. The van der Waals surface area contributed by atoms with Gasteiger partial charge in [-0.05, 0) is 31.4 Å². The number of aliphatic hydroxyl groups is 1. The van der Waals surface area contributed by atoms with Gasteiger partial charge in [-0.3, -0.25) is 4.90 Å². The minimum absolute atomic E-state index is 0.325. The summed E-state index contributed by atoms with van der Waals surface area (Å²) in [5, 5.41) is 9.14. The highest BCUT2D eigenvalue weighted by Gasteiger charge is 2.25. The van der Waals surface area contributed by atoms with Crippen molar-refractivity contribution in [1.29, 1.82) is 0 Å². The highest BCUT2D eigenvalue weighted by Crippen LogP contribution is 2.31. The molecule has 0 bridgehead atoms. The lowest BCUT2D eigenvalue weighted by molar-refractivity contribution is 0.0961. The largest absolute Gasteiger partial charge is 0.396 e. The second kappa shape index (κ2) is 4.77. The molecular weight excluding hydrogens is 186 g/mol. The van der Waals surface area contributed by atoms with Gasteiger partial charge in [0.1, 0.15) is 0 Å². The average Bonchev–Trinajstić information content (AvgIpc) is 2.30. The van der Waals surface area contributed by atoms with Crippen LogP contribution in [0.4, 0.5) is 0 Å². The molecule has 1 aromatic carbocycles. The molecule has 2 unspecified atom stereocenters. The molecule has 2 nitrogen and oxygen atoms in total. The molecule has 1 aromatic rings. The molecule has 0 spiro atoms. The van der Waals surface area contributed by atoms with Crippen LogP contribution < -0.4 is 0 Å². The van der Waals surface area contributed by atoms with Crippen molar-refractivity contribution in [2.24, 2.45) is 5.92 Å². The maximum Gasteiger partial charge on any atom is 0.0471 e. The van der Waals surface area contributed by atoms with Crippen molar-refractivity contribution >= 4 is 0 Å². The predicted octanol–water partition coefficient (Wildman–Crippen LogP) is 2.06. The van der Waals surface area contributed by atoms with E-state index in [4.69, 9.17) is 5.11 Å². The first-order valence-electron chi connectivity index (χ1n) is 5.67. The molecule has 0 aromatic heterocycles. The van der Waals surface area contributed by atoms with Crippen LogP contribution in [0.3, 0.4) is 0 Å². The quantitative estimate of drug-likeness (QED) is 0.799. The standard InChI is InChI=1S/C13H19NO/c1-14-9-11(10-15)7-8-13(14)12-5-3-2-4-6-12/h2-6,11,13,15H,7-10H2,1H3. The second-order valence-corrected chi connectivity index (χ2v) is 4.49. The Hall–Kier alpha value is -0.860. The zero-order valence-corrected chi connectivity index (χ0v) is 9.26. The van der Waals surface area contributed by atoms with E-state index < -0.39 is 0 Å². The first kappa shape index (κ1) is 10.7. The maximum absolute atomic E-state index is 9.14. The Morgan fingerprint density at radius 2 is 2.00 bits per heavy atom. The number of benzene rings is 1. The normalized spacial score (nSPS) is 27.9. The van der Waals surface area contributed by atoms with Crippen LogP contribution in [0, 0.1) is 5.92 Å². The third-order valence-corrected chi connectivity index (χ3v) is 3.37. The number of likely N-dealkylation sites (tertiary alicyclic amines) is 1. The van der Waals surface area contributed by atoms with Gasteiger partial charge < -0.3 is 5.11 Å². The van der Waals surface area contributed by atoms with Gasteiger partial charge in [0.2, 0.25) is 0 Å². The fourth-order valence-corrected chi connectivity index (χ4v) is 2.49. The van der Waals surface area contributed by atoms with Gasteiger partial charge in [-0.15, -0.1) is 0 Å². The van der Waals surface area contributed by atoms with Crippen LogP contribution in [0.25, 0.3) is 0 Å². The number of piperidine rings is 1. The monoisotopic (exact) mass is 205 g/mol. The summed E-state index contributed by atoms with van der Waals surface area (Å²) in [6, 6.07) is 11.2. The molecule has 2 rings (SSSR count). The van der Waals surface area contributed by atoms with Crippen molar-refractivity contribution in [3.05, 3.63) is 35.9 Å². The molecule has 1 aliphatic rings. The maximum atomic E-state index is 9.14. The molecule has 0 aliphatic carbocycles. The summed E-state index contributed by atoms with van der Waals surface area (Å²) in [4.78, 5) is 2.36. The summed E-state index contributed by atoms with van der Waals surface area (Å²) in [6.07, 6.45) is 2.30. The van der Waals surface area contributed by atoms with Gasteiger partial charge in [0.25, 0.3) is 0 Å².